The van der Waals surface area contributed by atoms with Gasteiger partial charge in [0.2, 0.25) is 0 Å². The molecule has 3 nitrogen and oxygen atoms in total. The lowest BCUT2D eigenvalue weighted by Crippen LogP contribution is -2.18. The molecule has 0 aliphatic heterocycles. The summed E-state index contributed by atoms with van der Waals surface area (Å²) in [4.78, 5) is 0. The number of hydrogen-bond acceptors (Lipinski definition) is 3. The maximum atomic E-state index is 10.6. The van der Waals surface area contributed by atoms with Gasteiger partial charge in [-0.15, -0.1) is 0 Å². The second kappa shape index (κ2) is 13.2. The van der Waals surface area contributed by atoms with Crippen LogP contribution in [0.5, 0.6) is 0 Å². The number of allylic oxidation sites excluding steroid dienone is 2. The van der Waals surface area contributed by atoms with Crippen molar-refractivity contribution in [2.24, 2.45) is 23.7 Å². The maximum absolute atomic E-state index is 10.6. The molecule has 2 aliphatic carbocycles. The number of benzene rings is 1. The lowest BCUT2D eigenvalue weighted by Gasteiger charge is -2.19. The van der Waals surface area contributed by atoms with Crippen LogP contribution < -0.4 is 5.32 Å². The highest BCUT2D eigenvalue weighted by Crippen LogP contribution is 2.48. The summed E-state index contributed by atoms with van der Waals surface area (Å²) in [6.45, 7) is 5.49. The van der Waals surface area contributed by atoms with E-state index in [9.17, 15) is 10.2 Å². The van der Waals surface area contributed by atoms with Crippen molar-refractivity contribution in [3.63, 3.8) is 0 Å². The van der Waals surface area contributed by atoms with E-state index in [1.807, 2.05) is 12.1 Å². The van der Waals surface area contributed by atoms with Crippen LogP contribution in [0.25, 0.3) is 0 Å². The first kappa shape index (κ1) is 25.1. The Kier molecular flexibility index (Phi) is 10.3. The zero-order valence-electron chi connectivity index (χ0n) is 20.3. The Morgan fingerprint density at radius 1 is 1.12 bits per heavy atom. The number of hydrogen-bond donors (Lipinski definition) is 3. The summed E-state index contributed by atoms with van der Waals surface area (Å²) < 4.78 is 0. The lowest BCUT2D eigenvalue weighted by atomic mass is 9.88. The van der Waals surface area contributed by atoms with Gasteiger partial charge in [-0.05, 0) is 68.4 Å². The van der Waals surface area contributed by atoms with Crippen molar-refractivity contribution in [2.75, 3.05) is 11.9 Å². The molecular weight excluding hydrogens is 394 g/mol. The van der Waals surface area contributed by atoms with Gasteiger partial charge in [-0.1, -0.05) is 81.5 Å². The first-order valence-electron chi connectivity index (χ1n) is 13.1. The van der Waals surface area contributed by atoms with Crippen LogP contribution >= 0.6 is 0 Å². The fraction of sp³-hybridized carbons (Fsp3) is 0.655. The number of para-hydroxylation sites is 1. The van der Waals surface area contributed by atoms with E-state index < -0.39 is 0 Å². The Morgan fingerprint density at radius 3 is 2.72 bits per heavy atom. The van der Waals surface area contributed by atoms with Gasteiger partial charge in [0.15, 0.2) is 0 Å². The minimum Gasteiger partial charge on any atom is -0.392 e. The van der Waals surface area contributed by atoms with Crippen LogP contribution in [0.2, 0.25) is 0 Å². The number of aliphatic hydroxyl groups is 2. The minimum absolute atomic E-state index is 0.199. The zero-order chi connectivity index (χ0) is 22.8. The molecule has 0 saturated heterocycles. The number of fused-ring (bicyclic) bond motifs is 1. The second-order valence-electron chi connectivity index (χ2n) is 10.3. The Morgan fingerprint density at radius 2 is 1.94 bits per heavy atom. The van der Waals surface area contributed by atoms with E-state index in [-0.39, 0.29) is 18.1 Å². The number of anilines is 1. The quantitative estimate of drug-likeness (QED) is 0.222. The molecule has 0 amide bonds. The van der Waals surface area contributed by atoms with Crippen LogP contribution in [0.15, 0.2) is 54.1 Å². The highest BCUT2D eigenvalue weighted by atomic mass is 16.3. The van der Waals surface area contributed by atoms with Gasteiger partial charge in [0.1, 0.15) is 0 Å². The normalized spacial score (nSPS) is 26.8. The van der Waals surface area contributed by atoms with Crippen molar-refractivity contribution in [1.29, 1.82) is 0 Å². The minimum atomic E-state index is -0.383. The fourth-order valence-corrected chi connectivity index (χ4v) is 5.65. The van der Waals surface area contributed by atoms with E-state index >= 15 is 0 Å². The highest BCUT2D eigenvalue weighted by molar-refractivity contribution is 5.42. The van der Waals surface area contributed by atoms with E-state index in [2.05, 4.69) is 55.6 Å². The zero-order valence-corrected chi connectivity index (χ0v) is 20.3. The third-order valence-electron chi connectivity index (χ3n) is 7.48. The SMILES string of the molecule is CCCC[C@H](C)C[C@H](O)/C=C/[C@@H]1[C@H]2CC(CCCCCNc3ccccc3)=C[C@H]2C[C@H]1O. The summed E-state index contributed by atoms with van der Waals surface area (Å²) in [6.07, 6.45) is 17.3. The van der Waals surface area contributed by atoms with Crippen molar-refractivity contribution in [3.8, 4) is 0 Å². The van der Waals surface area contributed by atoms with Crippen LogP contribution in [0.4, 0.5) is 5.69 Å². The van der Waals surface area contributed by atoms with Crippen LogP contribution in [0.1, 0.15) is 78.1 Å². The van der Waals surface area contributed by atoms with Gasteiger partial charge in [0, 0.05) is 18.2 Å². The smallest absolute Gasteiger partial charge is 0.0723 e. The average Bonchev–Trinajstić information content (AvgIpc) is 3.30. The molecule has 0 heterocycles. The van der Waals surface area contributed by atoms with Crippen molar-refractivity contribution < 1.29 is 10.2 Å². The van der Waals surface area contributed by atoms with Gasteiger partial charge in [-0.25, -0.2) is 0 Å². The lowest BCUT2D eigenvalue weighted by molar-refractivity contribution is 0.139. The molecule has 1 fully saturated rings. The molecule has 0 unspecified atom stereocenters. The van der Waals surface area contributed by atoms with Crippen molar-refractivity contribution in [3.05, 3.63) is 54.1 Å². The number of rotatable bonds is 14. The van der Waals surface area contributed by atoms with E-state index in [4.69, 9.17) is 0 Å². The summed E-state index contributed by atoms with van der Waals surface area (Å²) in [5.74, 6) is 1.80. The van der Waals surface area contributed by atoms with Crippen LogP contribution in [-0.2, 0) is 0 Å². The first-order chi connectivity index (χ1) is 15.6. The second-order valence-corrected chi connectivity index (χ2v) is 10.3. The molecular formula is C29H45NO2. The third-order valence-corrected chi connectivity index (χ3v) is 7.48. The summed E-state index contributed by atoms with van der Waals surface area (Å²) in [7, 11) is 0. The monoisotopic (exact) mass is 439 g/mol. The molecule has 0 spiro atoms. The molecule has 3 N–H and O–H groups in total. The van der Waals surface area contributed by atoms with Gasteiger partial charge in [0.05, 0.1) is 12.2 Å². The molecule has 0 aromatic heterocycles. The Labute approximate surface area is 196 Å². The van der Waals surface area contributed by atoms with Gasteiger partial charge in [0.25, 0.3) is 0 Å². The molecule has 178 valence electrons. The molecule has 3 heteroatoms. The largest absolute Gasteiger partial charge is 0.392 e. The van der Waals surface area contributed by atoms with E-state index in [0.29, 0.717) is 17.8 Å². The van der Waals surface area contributed by atoms with Crippen molar-refractivity contribution in [1.82, 2.24) is 0 Å². The van der Waals surface area contributed by atoms with Crippen molar-refractivity contribution in [2.45, 2.75) is 90.3 Å². The molecule has 6 atom stereocenters. The topological polar surface area (TPSA) is 52.5 Å². The van der Waals surface area contributed by atoms with E-state index in [1.165, 1.54) is 50.6 Å². The van der Waals surface area contributed by atoms with Crippen LogP contribution in [0, 0.1) is 23.7 Å². The number of unbranched alkanes of at least 4 members (excludes halogenated alkanes) is 3. The van der Waals surface area contributed by atoms with E-state index in [1.54, 1.807) is 5.57 Å². The highest BCUT2D eigenvalue weighted by Gasteiger charge is 2.43. The molecule has 3 rings (SSSR count). The molecule has 2 aliphatic rings. The van der Waals surface area contributed by atoms with Crippen molar-refractivity contribution >= 4 is 5.69 Å². The Balaban J connectivity index is 1.35. The predicted molar refractivity (Wildman–Crippen MR) is 136 cm³/mol. The average molecular weight is 440 g/mol. The van der Waals surface area contributed by atoms with Crippen LogP contribution in [-0.4, -0.2) is 29.0 Å². The van der Waals surface area contributed by atoms with Gasteiger partial charge in [-0.2, -0.15) is 0 Å². The fourth-order valence-electron chi connectivity index (χ4n) is 5.65. The molecule has 1 saturated carbocycles. The summed E-state index contributed by atoms with van der Waals surface area (Å²) in [5, 5.41) is 24.5. The Bertz CT molecular complexity index is 713. The molecule has 1 aromatic rings. The van der Waals surface area contributed by atoms with Gasteiger partial charge in [-0.3, -0.25) is 0 Å². The number of aliphatic hydroxyl groups excluding tert-OH is 2. The third kappa shape index (κ3) is 7.78. The summed E-state index contributed by atoms with van der Waals surface area (Å²) >= 11 is 0. The summed E-state index contributed by atoms with van der Waals surface area (Å²) in [6, 6.07) is 10.4. The van der Waals surface area contributed by atoms with E-state index in [0.717, 1.165) is 25.8 Å². The predicted octanol–water partition coefficient (Wildman–Crippen LogP) is 6.74. The standard InChI is InChI=1S/C29H45NO2/c1-3-4-11-22(2)18-26(31)15-16-27-28-20-23(19-24(28)21-29(27)32)12-7-6-10-17-30-25-13-8-5-9-14-25/h5,8-9,13-16,19,22,24,26-32H,3-4,6-7,10-12,17-18,20-21H2,1-2H3/b16-15+/t22-,24-,26+,27+,28-,29+/m0/s1. The van der Waals surface area contributed by atoms with Gasteiger partial charge >= 0.3 is 0 Å². The first-order valence-corrected chi connectivity index (χ1v) is 13.1. The Hall–Kier alpha value is -1.58. The number of nitrogens with one attached hydrogen (secondary N) is 1. The summed E-state index contributed by atoms with van der Waals surface area (Å²) in [5.41, 5.74) is 2.80. The molecule has 0 radical (unpaired) electrons. The maximum Gasteiger partial charge on any atom is 0.0723 e. The molecule has 1 aromatic carbocycles. The molecule has 0 bridgehead atoms. The molecule has 32 heavy (non-hydrogen) atoms. The van der Waals surface area contributed by atoms with Crippen LogP contribution in [0.3, 0.4) is 0 Å². The van der Waals surface area contributed by atoms with Gasteiger partial charge < -0.3 is 15.5 Å².